The van der Waals surface area contributed by atoms with Gasteiger partial charge in [-0.15, -0.1) is 0 Å². The van der Waals surface area contributed by atoms with E-state index in [1.54, 1.807) is 0 Å². The molecular formula is C8H14O3. The molecule has 0 amide bonds. The van der Waals surface area contributed by atoms with Crippen molar-refractivity contribution in [3.05, 3.63) is 11.8 Å². The number of carboxylic acid groups (broad SMARTS) is 1. The molecule has 0 aromatic carbocycles. The standard InChI is InChI=1S/C8H14O3/c1-3-5-7(11-4-2)6-8(9)10/h6H,3-5H2,1-2H3,(H,9,10)/b7-6-. The Morgan fingerprint density at radius 1 is 1.55 bits per heavy atom. The maximum absolute atomic E-state index is 10.2. The van der Waals surface area contributed by atoms with Crippen LogP contribution in [0.25, 0.3) is 0 Å². The fourth-order valence-electron chi connectivity index (χ4n) is 0.756. The van der Waals surface area contributed by atoms with Crippen molar-refractivity contribution < 1.29 is 14.6 Å². The van der Waals surface area contributed by atoms with E-state index in [2.05, 4.69) is 0 Å². The zero-order chi connectivity index (χ0) is 8.69. The average molecular weight is 158 g/mol. The van der Waals surface area contributed by atoms with Crippen molar-refractivity contribution in [3.63, 3.8) is 0 Å². The summed E-state index contributed by atoms with van der Waals surface area (Å²) in [6.45, 7) is 4.35. The first kappa shape index (κ1) is 10.0. The summed E-state index contributed by atoms with van der Waals surface area (Å²) in [4.78, 5) is 10.2. The summed E-state index contributed by atoms with van der Waals surface area (Å²) >= 11 is 0. The molecule has 0 atom stereocenters. The van der Waals surface area contributed by atoms with E-state index in [9.17, 15) is 4.79 Å². The lowest BCUT2D eigenvalue weighted by Gasteiger charge is -2.04. The number of carboxylic acids is 1. The van der Waals surface area contributed by atoms with Crippen LogP contribution in [0.4, 0.5) is 0 Å². The zero-order valence-electron chi connectivity index (χ0n) is 6.96. The van der Waals surface area contributed by atoms with E-state index in [1.165, 1.54) is 0 Å². The van der Waals surface area contributed by atoms with Gasteiger partial charge in [0.15, 0.2) is 0 Å². The average Bonchev–Trinajstić information content (AvgIpc) is 1.87. The smallest absolute Gasteiger partial charge is 0.331 e. The zero-order valence-corrected chi connectivity index (χ0v) is 6.96. The Morgan fingerprint density at radius 3 is 2.55 bits per heavy atom. The summed E-state index contributed by atoms with van der Waals surface area (Å²) in [6, 6.07) is 0. The molecule has 64 valence electrons. The number of aliphatic carboxylic acids is 1. The van der Waals surface area contributed by atoms with Gasteiger partial charge >= 0.3 is 5.97 Å². The van der Waals surface area contributed by atoms with E-state index in [-0.39, 0.29) is 0 Å². The van der Waals surface area contributed by atoms with Gasteiger partial charge in [0.05, 0.1) is 12.7 Å². The van der Waals surface area contributed by atoms with Crippen LogP contribution >= 0.6 is 0 Å². The van der Waals surface area contributed by atoms with E-state index >= 15 is 0 Å². The number of allylic oxidation sites excluding steroid dienone is 1. The Balaban J connectivity index is 3.96. The topological polar surface area (TPSA) is 46.5 Å². The summed E-state index contributed by atoms with van der Waals surface area (Å²) in [6.07, 6.45) is 2.71. The molecule has 0 bridgehead atoms. The highest BCUT2D eigenvalue weighted by molar-refractivity contribution is 5.80. The van der Waals surface area contributed by atoms with Crippen LogP contribution in [0, 0.1) is 0 Å². The number of rotatable bonds is 5. The highest BCUT2D eigenvalue weighted by Gasteiger charge is 1.98. The molecule has 0 heterocycles. The van der Waals surface area contributed by atoms with Crippen molar-refractivity contribution >= 4 is 5.97 Å². The number of ether oxygens (including phenoxy) is 1. The molecule has 0 saturated heterocycles. The van der Waals surface area contributed by atoms with E-state index < -0.39 is 5.97 Å². The Hall–Kier alpha value is -0.990. The fraction of sp³-hybridized carbons (Fsp3) is 0.625. The monoisotopic (exact) mass is 158 g/mol. The lowest BCUT2D eigenvalue weighted by atomic mass is 10.3. The molecule has 0 aromatic rings. The molecule has 0 aliphatic rings. The van der Waals surface area contributed by atoms with Crippen LogP contribution in [0.15, 0.2) is 11.8 Å². The second-order valence-electron chi connectivity index (χ2n) is 2.13. The molecule has 0 rings (SSSR count). The predicted molar refractivity (Wildman–Crippen MR) is 42.3 cm³/mol. The van der Waals surface area contributed by atoms with Gasteiger partial charge < -0.3 is 9.84 Å². The van der Waals surface area contributed by atoms with Gasteiger partial charge in [-0.2, -0.15) is 0 Å². The second-order valence-corrected chi connectivity index (χ2v) is 2.13. The number of hydrogen-bond acceptors (Lipinski definition) is 2. The molecule has 0 aromatic heterocycles. The first-order valence-corrected chi connectivity index (χ1v) is 3.77. The lowest BCUT2D eigenvalue weighted by Crippen LogP contribution is -1.96. The predicted octanol–water partition coefficient (Wildman–Crippen LogP) is 1.79. The van der Waals surface area contributed by atoms with Crippen molar-refractivity contribution in [2.24, 2.45) is 0 Å². The van der Waals surface area contributed by atoms with Crippen LogP contribution in [0.3, 0.4) is 0 Å². The first-order chi connectivity index (χ1) is 5.20. The molecule has 0 spiro atoms. The molecule has 1 N–H and O–H groups in total. The SMILES string of the molecule is CCC/C(=C/C(=O)O)OCC. The Kier molecular flexibility index (Phi) is 5.25. The lowest BCUT2D eigenvalue weighted by molar-refractivity contribution is -0.131. The summed E-state index contributed by atoms with van der Waals surface area (Å²) in [5.41, 5.74) is 0. The fourth-order valence-corrected chi connectivity index (χ4v) is 0.756. The molecule has 0 unspecified atom stereocenters. The molecule has 0 saturated carbocycles. The molecule has 0 fully saturated rings. The highest BCUT2D eigenvalue weighted by atomic mass is 16.5. The van der Waals surface area contributed by atoms with Crippen molar-refractivity contribution in [3.8, 4) is 0 Å². The first-order valence-electron chi connectivity index (χ1n) is 3.77. The summed E-state index contributed by atoms with van der Waals surface area (Å²) in [5.74, 6) is -0.385. The quantitative estimate of drug-likeness (QED) is 0.490. The maximum atomic E-state index is 10.2. The molecular weight excluding hydrogens is 144 g/mol. The van der Waals surface area contributed by atoms with Crippen molar-refractivity contribution in [2.45, 2.75) is 26.7 Å². The van der Waals surface area contributed by atoms with Gasteiger partial charge in [0.2, 0.25) is 0 Å². The molecule has 0 radical (unpaired) electrons. The van der Waals surface area contributed by atoms with Crippen molar-refractivity contribution in [2.75, 3.05) is 6.61 Å². The molecule has 0 aliphatic heterocycles. The number of carbonyl (C=O) groups is 1. The van der Waals surface area contributed by atoms with Gasteiger partial charge in [-0.05, 0) is 13.3 Å². The van der Waals surface area contributed by atoms with E-state index in [4.69, 9.17) is 9.84 Å². The highest BCUT2D eigenvalue weighted by Crippen LogP contribution is 2.05. The van der Waals surface area contributed by atoms with Gasteiger partial charge in [0.25, 0.3) is 0 Å². The van der Waals surface area contributed by atoms with Gasteiger partial charge in [-0.1, -0.05) is 6.92 Å². The summed E-state index contributed by atoms with van der Waals surface area (Å²) in [5, 5.41) is 8.38. The molecule has 0 aliphatic carbocycles. The summed E-state index contributed by atoms with van der Waals surface area (Å²) in [7, 11) is 0. The van der Waals surface area contributed by atoms with E-state index in [0.29, 0.717) is 18.8 Å². The largest absolute Gasteiger partial charge is 0.498 e. The molecule has 3 heteroatoms. The van der Waals surface area contributed by atoms with Crippen LogP contribution in [-0.2, 0) is 9.53 Å². The third-order valence-corrected chi connectivity index (χ3v) is 1.11. The Bertz CT molecular complexity index is 141. The van der Waals surface area contributed by atoms with Gasteiger partial charge in [0.1, 0.15) is 5.76 Å². The Labute approximate surface area is 66.7 Å². The van der Waals surface area contributed by atoms with Crippen molar-refractivity contribution in [1.82, 2.24) is 0 Å². The summed E-state index contributed by atoms with van der Waals surface area (Å²) < 4.78 is 5.07. The maximum Gasteiger partial charge on any atom is 0.331 e. The van der Waals surface area contributed by atoms with Gasteiger partial charge in [0, 0.05) is 6.42 Å². The van der Waals surface area contributed by atoms with Gasteiger partial charge in [-0.3, -0.25) is 0 Å². The minimum atomic E-state index is -0.943. The van der Waals surface area contributed by atoms with E-state index in [0.717, 1.165) is 12.5 Å². The second kappa shape index (κ2) is 5.77. The third-order valence-electron chi connectivity index (χ3n) is 1.11. The minimum absolute atomic E-state index is 0.527. The van der Waals surface area contributed by atoms with Crippen LogP contribution in [0.1, 0.15) is 26.7 Å². The van der Waals surface area contributed by atoms with Gasteiger partial charge in [-0.25, -0.2) is 4.79 Å². The minimum Gasteiger partial charge on any atom is -0.498 e. The molecule has 3 nitrogen and oxygen atoms in total. The van der Waals surface area contributed by atoms with Crippen LogP contribution in [0.5, 0.6) is 0 Å². The molecule has 11 heavy (non-hydrogen) atoms. The van der Waals surface area contributed by atoms with Crippen molar-refractivity contribution in [1.29, 1.82) is 0 Å². The Morgan fingerprint density at radius 2 is 2.18 bits per heavy atom. The van der Waals surface area contributed by atoms with Crippen LogP contribution in [-0.4, -0.2) is 17.7 Å². The third kappa shape index (κ3) is 5.45. The normalized spacial score (nSPS) is 11.3. The van der Waals surface area contributed by atoms with Crippen LogP contribution in [0.2, 0.25) is 0 Å². The van der Waals surface area contributed by atoms with E-state index in [1.807, 2.05) is 13.8 Å². The van der Waals surface area contributed by atoms with Crippen LogP contribution < -0.4 is 0 Å². The number of hydrogen-bond donors (Lipinski definition) is 1.